The highest BCUT2D eigenvalue weighted by Gasteiger charge is 2.21. The molecule has 1 aromatic heterocycles. The quantitative estimate of drug-likeness (QED) is 0.560. The molecule has 4 rings (SSSR count). The number of carbonyl (C=O) groups is 1. The molecule has 0 atom stereocenters. The van der Waals surface area contributed by atoms with Crippen LogP contribution in [0.5, 0.6) is 0 Å². The normalized spacial score (nSPS) is 14.5. The maximum atomic E-state index is 13.3. The van der Waals surface area contributed by atoms with Crippen molar-refractivity contribution >= 4 is 16.9 Å². The van der Waals surface area contributed by atoms with Gasteiger partial charge in [0.2, 0.25) is 0 Å². The highest BCUT2D eigenvalue weighted by Crippen LogP contribution is 2.21. The zero-order chi connectivity index (χ0) is 22.7. The van der Waals surface area contributed by atoms with Gasteiger partial charge in [0.05, 0.1) is 12.1 Å². The van der Waals surface area contributed by atoms with Crippen molar-refractivity contribution in [3.8, 4) is 0 Å². The highest BCUT2D eigenvalue weighted by molar-refractivity contribution is 5.83. The van der Waals surface area contributed by atoms with Gasteiger partial charge in [-0.1, -0.05) is 61.2 Å². The van der Waals surface area contributed by atoms with Gasteiger partial charge in [-0.2, -0.15) is 0 Å². The van der Waals surface area contributed by atoms with Crippen LogP contribution in [0.15, 0.2) is 47.3 Å². The first-order valence-corrected chi connectivity index (χ1v) is 11.6. The Morgan fingerprint density at radius 2 is 1.72 bits per heavy atom. The lowest BCUT2D eigenvalue weighted by molar-refractivity contribution is 0.184. The van der Waals surface area contributed by atoms with Gasteiger partial charge in [-0.25, -0.2) is 4.79 Å². The summed E-state index contributed by atoms with van der Waals surface area (Å²) in [5.74, 6) is 0. The molecule has 1 heterocycles. The van der Waals surface area contributed by atoms with Crippen LogP contribution in [0.1, 0.15) is 59.9 Å². The summed E-state index contributed by atoms with van der Waals surface area (Å²) >= 11 is 0. The third-order valence-corrected chi connectivity index (χ3v) is 6.70. The fourth-order valence-electron chi connectivity index (χ4n) is 4.52. The summed E-state index contributed by atoms with van der Waals surface area (Å²) in [7, 11) is 0. The number of hydrogen-bond donors (Lipinski definition) is 2. The van der Waals surface area contributed by atoms with E-state index in [1.807, 2.05) is 38.1 Å². The number of hydrogen-bond acceptors (Lipinski definition) is 2. The molecule has 0 saturated heterocycles. The minimum Gasteiger partial charge on any atom is -0.335 e. The smallest absolute Gasteiger partial charge is 0.318 e. The number of carbonyl (C=O) groups excluding carboxylic acids is 1. The van der Waals surface area contributed by atoms with Crippen LogP contribution in [0.3, 0.4) is 0 Å². The number of aromatic nitrogens is 1. The van der Waals surface area contributed by atoms with Gasteiger partial charge in [-0.05, 0) is 61.8 Å². The SMILES string of the molecule is Cc1ccc(CN(Cc2cc3ccc(C)c(C)c3[nH]c2=O)C(=O)NC2CCCCC2)cc1. The summed E-state index contributed by atoms with van der Waals surface area (Å²) in [6.45, 7) is 6.85. The molecular weight excluding hydrogens is 398 g/mol. The Kier molecular flexibility index (Phi) is 6.63. The van der Waals surface area contributed by atoms with Gasteiger partial charge in [0.1, 0.15) is 0 Å². The van der Waals surface area contributed by atoms with E-state index in [2.05, 4.69) is 35.4 Å². The van der Waals surface area contributed by atoms with Gasteiger partial charge >= 0.3 is 6.03 Å². The molecule has 0 spiro atoms. The number of nitrogens with zero attached hydrogens (tertiary/aromatic N) is 1. The predicted octanol–water partition coefficient (Wildman–Crippen LogP) is 5.50. The second-order valence-corrected chi connectivity index (χ2v) is 9.22. The van der Waals surface area contributed by atoms with Crippen molar-refractivity contribution in [3.05, 3.63) is 80.6 Å². The summed E-state index contributed by atoms with van der Waals surface area (Å²) < 4.78 is 0. The van der Waals surface area contributed by atoms with E-state index in [1.54, 1.807) is 4.90 Å². The van der Waals surface area contributed by atoms with Gasteiger partial charge in [-0.3, -0.25) is 4.79 Å². The number of fused-ring (bicyclic) bond motifs is 1. The van der Waals surface area contributed by atoms with E-state index in [1.165, 1.54) is 12.0 Å². The fraction of sp³-hybridized carbons (Fsp3) is 0.407. The maximum Gasteiger partial charge on any atom is 0.318 e. The maximum absolute atomic E-state index is 13.3. The molecule has 5 nitrogen and oxygen atoms in total. The Labute approximate surface area is 189 Å². The lowest BCUT2D eigenvalue weighted by atomic mass is 9.96. The van der Waals surface area contributed by atoms with Crippen LogP contribution >= 0.6 is 0 Å². The molecular formula is C27H33N3O2. The van der Waals surface area contributed by atoms with Crippen molar-refractivity contribution < 1.29 is 4.79 Å². The van der Waals surface area contributed by atoms with Gasteiger partial charge in [0.15, 0.2) is 0 Å². The molecule has 0 unspecified atom stereocenters. The van der Waals surface area contributed by atoms with Gasteiger partial charge < -0.3 is 15.2 Å². The van der Waals surface area contributed by atoms with E-state index < -0.39 is 0 Å². The molecule has 0 bridgehead atoms. The molecule has 2 amide bonds. The van der Waals surface area contributed by atoms with Crippen molar-refractivity contribution in [2.45, 2.75) is 72.0 Å². The van der Waals surface area contributed by atoms with Crippen LogP contribution in [-0.4, -0.2) is 22.0 Å². The second-order valence-electron chi connectivity index (χ2n) is 9.22. The lowest BCUT2D eigenvalue weighted by Crippen LogP contribution is -2.45. The van der Waals surface area contributed by atoms with Crippen molar-refractivity contribution in [3.63, 3.8) is 0 Å². The summed E-state index contributed by atoms with van der Waals surface area (Å²) in [5.41, 5.74) is 5.81. The molecule has 2 aromatic carbocycles. The zero-order valence-corrected chi connectivity index (χ0v) is 19.3. The highest BCUT2D eigenvalue weighted by atomic mass is 16.2. The molecule has 0 radical (unpaired) electrons. The Morgan fingerprint density at radius 1 is 1.00 bits per heavy atom. The zero-order valence-electron chi connectivity index (χ0n) is 19.3. The number of amides is 2. The lowest BCUT2D eigenvalue weighted by Gasteiger charge is -2.28. The number of aryl methyl sites for hydroxylation is 3. The standard InChI is InChI=1S/C27H33N3O2/c1-18-9-12-21(13-10-18)16-30(27(32)28-24-7-5-4-6-8-24)17-23-15-22-14-11-19(2)20(3)25(22)29-26(23)31/h9-15,24H,4-8,16-17H2,1-3H3,(H,28,32)(H,29,31). The number of aromatic amines is 1. The largest absolute Gasteiger partial charge is 0.335 e. The average molecular weight is 432 g/mol. The number of urea groups is 1. The van der Waals surface area contributed by atoms with Crippen molar-refractivity contribution in [1.29, 1.82) is 0 Å². The van der Waals surface area contributed by atoms with E-state index in [0.29, 0.717) is 12.1 Å². The Morgan fingerprint density at radius 3 is 2.44 bits per heavy atom. The van der Waals surface area contributed by atoms with Crippen molar-refractivity contribution in [1.82, 2.24) is 15.2 Å². The predicted molar refractivity (Wildman–Crippen MR) is 130 cm³/mol. The minimum atomic E-state index is -0.134. The first-order valence-electron chi connectivity index (χ1n) is 11.6. The molecule has 5 heteroatoms. The molecule has 3 aromatic rings. The summed E-state index contributed by atoms with van der Waals surface area (Å²) in [4.78, 5) is 31.0. The Bertz CT molecular complexity index is 1160. The topological polar surface area (TPSA) is 65.2 Å². The van der Waals surface area contributed by atoms with Crippen LogP contribution in [-0.2, 0) is 13.1 Å². The average Bonchev–Trinajstić information content (AvgIpc) is 2.79. The van der Waals surface area contributed by atoms with Gasteiger partial charge in [-0.15, -0.1) is 0 Å². The summed E-state index contributed by atoms with van der Waals surface area (Å²) in [6, 6.07) is 14.4. The molecule has 1 aliphatic rings. The first-order chi connectivity index (χ1) is 15.4. The Balaban J connectivity index is 1.62. The molecule has 1 aliphatic carbocycles. The third kappa shape index (κ3) is 5.04. The summed E-state index contributed by atoms with van der Waals surface area (Å²) in [5, 5.41) is 4.21. The van der Waals surface area contributed by atoms with Crippen LogP contribution in [0.25, 0.3) is 10.9 Å². The molecule has 1 fully saturated rings. The first kappa shape index (κ1) is 22.1. The molecule has 2 N–H and O–H groups in total. The number of pyridine rings is 1. The Hall–Kier alpha value is -3.08. The van der Waals surface area contributed by atoms with Crippen LogP contribution < -0.4 is 10.9 Å². The molecule has 1 saturated carbocycles. The number of H-pyrrole nitrogens is 1. The van der Waals surface area contributed by atoms with E-state index >= 15 is 0 Å². The number of nitrogens with one attached hydrogen (secondary N) is 2. The van der Waals surface area contributed by atoms with Crippen molar-refractivity contribution in [2.24, 2.45) is 0 Å². The van der Waals surface area contributed by atoms with Gasteiger partial charge in [0.25, 0.3) is 5.56 Å². The monoisotopic (exact) mass is 431 g/mol. The van der Waals surface area contributed by atoms with E-state index in [-0.39, 0.29) is 24.2 Å². The van der Waals surface area contributed by atoms with E-state index in [9.17, 15) is 9.59 Å². The number of benzene rings is 2. The van der Waals surface area contributed by atoms with Gasteiger partial charge in [0, 0.05) is 18.2 Å². The van der Waals surface area contributed by atoms with Crippen LogP contribution in [0, 0.1) is 20.8 Å². The number of rotatable bonds is 5. The molecule has 32 heavy (non-hydrogen) atoms. The second kappa shape index (κ2) is 9.60. The molecule has 0 aliphatic heterocycles. The van der Waals surface area contributed by atoms with Crippen molar-refractivity contribution in [2.75, 3.05) is 0 Å². The van der Waals surface area contributed by atoms with Crippen LogP contribution in [0.4, 0.5) is 4.79 Å². The summed E-state index contributed by atoms with van der Waals surface area (Å²) in [6.07, 6.45) is 5.61. The van der Waals surface area contributed by atoms with Crippen LogP contribution in [0.2, 0.25) is 0 Å². The van der Waals surface area contributed by atoms with E-state index in [4.69, 9.17) is 0 Å². The van der Waals surface area contributed by atoms with E-state index in [0.717, 1.165) is 53.3 Å². The fourth-order valence-corrected chi connectivity index (χ4v) is 4.52. The third-order valence-electron chi connectivity index (χ3n) is 6.70. The minimum absolute atomic E-state index is 0.0999. The molecule has 168 valence electrons.